The van der Waals surface area contributed by atoms with E-state index >= 15 is 0 Å². The first-order valence-electron chi connectivity index (χ1n) is 5.09. The molecular weight excluding hydrogens is 276 g/mol. The van der Waals surface area contributed by atoms with Gasteiger partial charge in [-0.2, -0.15) is 0 Å². The number of halogens is 1. The molecule has 0 unspecified atom stereocenters. The highest BCUT2D eigenvalue weighted by Crippen LogP contribution is 2.19. The minimum absolute atomic E-state index is 0.154. The first-order chi connectivity index (χ1) is 8.50. The number of benzene rings is 1. The fourth-order valence-electron chi connectivity index (χ4n) is 1.58. The molecule has 0 N–H and O–H groups in total. The Morgan fingerprint density at radius 1 is 1.39 bits per heavy atom. The molecule has 0 spiro atoms. The molecule has 0 fully saturated rings. The summed E-state index contributed by atoms with van der Waals surface area (Å²) in [7, 11) is 3.01. The average molecular weight is 287 g/mol. The molecular formula is C11H11ClN2O3S. The molecule has 2 aromatic rings. The fourth-order valence-corrected chi connectivity index (χ4v) is 2.26. The lowest BCUT2D eigenvalue weighted by molar-refractivity contribution is 0.408. The van der Waals surface area contributed by atoms with Crippen LogP contribution in [0, 0.1) is 0 Å². The van der Waals surface area contributed by atoms with Crippen molar-refractivity contribution < 1.29 is 13.2 Å². The Morgan fingerprint density at radius 3 is 2.72 bits per heavy atom. The van der Waals surface area contributed by atoms with Crippen molar-refractivity contribution in [2.45, 2.75) is 11.6 Å². The van der Waals surface area contributed by atoms with E-state index in [2.05, 4.69) is 4.98 Å². The zero-order chi connectivity index (χ0) is 13.2. The quantitative estimate of drug-likeness (QED) is 0.805. The number of para-hydroxylation sites is 1. The molecule has 2 rings (SSSR count). The van der Waals surface area contributed by atoms with Gasteiger partial charge in [-0.05, 0) is 6.07 Å². The van der Waals surface area contributed by atoms with E-state index in [4.69, 9.17) is 15.4 Å². The van der Waals surface area contributed by atoms with Gasteiger partial charge in [-0.3, -0.25) is 0 Å². The van der Waals surface area contributed by atoms with Crippen LogP contribution in [0.4, 0.5) is 0 Å². The predicted molar refractivity (Wildman–Crippen MR) is 67.4 cm³/mol. The number of rotatable bonds is 4. The summed E-state index contributed by atoms with van der Waals surface area (Å²) in [6, 6.07) is 7.48. The number of methoxy groups -OCH3 is 1. The zero-order valence-electron chi connectivity index (χ0n) is 9.58. The highest BCUT2D eigenvalue weighted by atomic mass is 35.7. The molecule has 7 heteroatoms. The minimum atomic E-state index is -3.78. The fraction of sp³-hybridized carbons (Fsp3) is 0.182. The maximum atomic E-state index is 11.1. The Balaban J connectivity index is 2.27. The van der Waals surface area contributed by atoms with Crippen molar-refractivity contribution in [3.8, 4) is 5.75 Å². The maximum Gasteiger partial charge on any atom is 0.280 e. The van der Waals surface area contributed by atoms with Crippen LogP contribution in [-0.2, 0) is 15.6 Å². The summed E-state index contributed by atoms with van der Waals surface area (Å²) in [6.07, 6.45) is 2.80. The molecule has 1 aromatic heterocycles. The van der Waals surface area contributed by atoms with Crippen molar-refractivity contribution in [1.82, 2.24) is 9.55 Å². The van der Waals surface area contributed by atoms with Gasteiger partial charge in [0, 0.05) is 22.4 Å². The molecule has 0 saturated carbocycles. The summed E-state index contributed by atoms with van der Waals surface area (Å²) >= 11 is 0. The molecule has 0 bridgehead atoms. The number of nitrogens with zero attached hydrogens (tertiary/aromatic N) is 2. The third-order valence-corrected chi connectivity index (χ3v) is 3.59. The summed E-state index contributed by atoms with van der Waals surface area (Å²) in [5, 5.41) is -0.154. The maximum absolute atomic E-state index is 11.1. The summed E-state index contributed by atoms with van der Waals surface area (Å²) < 4.78 is 29.0. The third kappa shape index (κ3) is 2.83. The van der Waals surface area contributed by atoms with Crippen molar-refractivity contribution in [3.05, 3.63) is 42.4 Å². The van der Waals surface area contributed by atoms with Gasteiger partial charge in [0.2, 0.25) is 0 Å². The Morgan fingerprint density at radius 2 is 2.11 bits per heavy atom. The first kappa shape index (κ1) is 12.9. The predicted octanol–water partition coefficient (Wildman–Crippen LogP) is 1.87. The van der Waals surface area contributed by atoms with Gasteiger partial charge < -0.3 is 9.30 Å². The largest absolute Gasteiger partial charge is 0.496 e. The molecule has 1 aromatic carbocycles. The average Bonchev–Trinajstić information content (AvgIpc) is 2.78. The van der Waals surface area contributed by atoms with E-state index in [1.165, 1.54) is 12.5 Å². The molecule has 0 aliphatic rings. The van der Waals surface area contributed by atoms with Crippen molar-refractivity contribution in [2.24, 2.45) is 0 Å². The normalized spacial score (nSPS) is 11.4. The summed E-state index contributed by atoms with van der Waals surface area (Å²) in [5.74, 6) is 0.737. The van der Waals surface area contributed by atoms with Crippen LogP contribution in [-0.4, -0.2) is 25.1 Å². The van der Waals surface area contributed by atoms with Crippen LogP contribution < -0.4 is 4.74 Å². The Hall–Kier alpha value is -1.53. The number of imidazole rings is 1. The van der Waals surface area contributed by atoms with E-state index < -0.39 is 9.05 Å². The molecule has 5 nitrogen and oxygen atoms in total. The molecule has 0 amide bonds. The van der Waals surface area contributed by atoms with Gasteiger partial charge in [0.05, 0.1) is 20.0 Å². The van der Waals surface area contributed by atoms with E-state index in [1.54, 1.807) is 11.7 Å². The minimum Gasteiger partial charge on any atom is -0.496 e. The van der Waals surface area contributed by atoms with Crippen LogP contribution in [0.5, 0.6) is 5.75 Å². The molecule has 0 atom stereocenters. The summed E-state index contributed by atoms with van der Waals surface area (Å²) in [5.41, 5.74) is 0.927. The topological polar surface area (TPSA) is 61.2 Å². The van der Waals surface area contributed by atoms with Gasteiger partial charge >= 0.3 is 0 Å². The number of ether oxygens (including phenoxy) is 1. The number of hydrogen-bond acceptors (Lipinski definition) is 4. The molecule has 96 valence electrons. The van der Waals surface area contributed by atoms with Gasteiger partial charge in [-0.25, -0.2) is 13.4 Å². The van der Waals surface area contributed by atoms with Crippen LogP contribution in [0.15, 0.2) is 41.8 Å². The van der Waals surface area contributed by atoms with Gasteiger partial charge in [0.1, 0.15) is 5.75 Å². The zero-order valence-corrected chi connectivity index (χ0v) is 11.1. The first-order valence-corrected chi connectivity index (χ1v) is 7.40. The van der Waals surface area contributed by atoms with E-state index in [-0.39, 0.29) is 5.03 Å². The molecule has 18 heavy (non-hydrogen) atoms. The molecule has 1 heterocycles. The van der Waals surface area contributed by atoms with Crippen LogP contribution in [0.3, 0.4) is 0 Å². The summed E-state index contributed by atoms with van der Waals surface area (Å²) in [4.78, 5) is 3.74. The Bertz CT molecular complexity index is 652. The third-order valence-electron chi connectivity index (χ3n) is 2.40. The van der Waals surface area contributed by atoms with Crippen molar-refractivity contribution in [1.29, 1.82) is 0 Å². The number of hydrogen-bond donors (Lipinski definition) is 0. The lowest BCUT2D eigenvalue weighted by Gasteiger charge is -2.08. The highest BCUT2D eigenvalue weighted by molar-refractivity contribution is 8.13. The second kappa shape index (κ2) is 4.99. The summed E-state index contributed by atoms with van der Waals surface area (Å²) in [6.45, 7) is 0.462. The van der Waals surface area contributed by atoms with E-state index in [0.717, 1.165) is 11.3 Å². The smallest absolute Gasteiger partial charge is 0.280 e. The van der Waals surface area contributed by atoms with E-state index in [1.807, 2.05) is 24.3 Å². The van der Waals surface area contributed by atoms with Crippen LogP contribution in [0.25, 0.3) is 0 Å². The van der Waals surface area contributed by atoms with Crippen molar-refractivity contribution in [2.75, 3.05) is 7.11 Å². The second-order valence-electron chi connectivity index (χ2n) is 3.63. The Labute approximate surface area is 109 Å². The van der Waals surface area contributed by atoms with Gasteiger partial charge in [-0.1, -0.05) is 18.2 Å². The highest BCUT2D eigenvalue weighted by Gasteiger charge is 2.13. The monoisotopic (exact) mass is 286 g/mol. The standard InChI is InChI=1S/C11H11ClN2O3S/c1-17-10-5-3-2-4-9(10)6-14-7-11(13-8-14)18(12,15)16/h2-5,7-8H,6H2,1H3. The lowest BCUT2D eigenvalue weighted by atomic mass is 10.2. The van der Waals surface area contributed by atoms with Crippen molar-refractivity contribution >= 4 is 19.7 Å². The lowest BCUT2D eigenvalue weighted by Crippen LogP contribution is -1.99. The molecule has 0 radical (unpaired) electrons. The molecule has 0 aliphatic carbocycles. The van der Waals surface area contributed by atoms with Crippen LogP contribution in [0.1, 0.15) is 5.56 Å². The van der Waals surface area contributed by atoms with Gasteiger partial charge in [0.15, 0.2) is 5.03 Å². The van der Waals surface area contributed by atoms with Gasteiger partial charge in [0.25, 0.3) is 9.05 Å². The van der Waals surface area contributed by atoms with Crippen molar-refractivity contribution in [3.63, 3.8) is 0 Å². The molecule has 0 saturated heterocycles. The van der Waals surface area contributed by atoms with E-state index in [0.29, 0.717) is 6.54 Å². The van der Waals surface area contributed by atoms with Crippen LogP contribution in [0.2, 0.25) is 0 Å². The molecule has 0 aliphatic heterocycles. The van der Waals surface area contributed by atoms with Crippen LogP contribution >= 0.6 is 10.7 Å². The van der Waals surface area contributed by atoms with Gasteiger partial charge in [-0.15, -0.1) is 0 Å². The second-order valence-corrected chi connectivity index (χ2v) is 6.15. The number of aromatic nitrogens is 2. The van der Waals surface area contributed by atoms with E-state index in [9.17, 15) is 8.42 Å². The Kier molecular flexibility index (Phi) is 3.58. The SMILES string of the molecule is COc1ccccc1Cn1cnc(S(=O)(=O)Cl)c1.